The molecule has 2 aromatic rings. The van der Waals surface area contributed by atoms with Crippen molar-refractivity contribution in [2.24, 2.45) is 0 Å². The Kier molecular flexibility index (Phi) is 3.32. The molecule has 1 saturated carbocycles. The minimum absolute atomic E-state index is 0.110. The van der Waals surface area contributed by atoms with Crippen LogP contribution in [0.4, 0.5) is 4.79 Å². The van der Waals surface area contributed by atoms with Gasteiger partial charge in [-0.05, 0) is 36.5 Å². The molecule has 7 heteroatoms. The van der Waals surface area contributed by atoms with Crippen molar-refractivity contribution in [1.82, 2.24) is 20.0 Å². The van der Waals surface area contributed by atoms with E-state index in [9.17, 15) is 14.7 Å². The van der Waals surface area contributed by atoms with E-state index >= 15 is 0 Å². The molecule has 2 amide bonds. The van der Waals surface area contributed by atoms with E-state index in [4.69, 9.17) is 5.10 Å². The Balaban J connectivity index is 1.60. The molecule has 1 aromatic carbocycles. The number of rotatable bonds is 2. The smallest absolute Gasteiger partial charge is 0.407 e. The highest BCUT2D eigenvalue weighted by Gasteiger charge is 2.38. The summed E-state index contributed by atoms with van der Waals surface area (Å²) in [6, 6.07) is 8.11. The lowest BCUT2D eigenvalue weighted by molar-refractivity contribution is -0.120. The predicted molar refractivity (Wildman–Crippen MR) is 93.4 cm³/mol. The summed E-state index contributed by atoms with van der Waals surface area (Å²) in [5.41, 5.74) is 4.96. The first-order chi connectivity index (χ1) is 12.6. The van der Waals surface area contributed by atoms with Crippen molar-refractivity contribution >= 4 is 12.0 Å². The zero-order chi connectivity index (χ0) is 17.8. The second-order valence-corrected chi connectivity index (χ2v) is 7.31. The van der Waals surface area contributed by atoms with E-state index < -0.39 is 6.09 Å². The zero-order valence-corrected chi connectivity index (χ0v) is 14.3. The van der Waals surface area contributed by atoms with Crippen LogP contribution in [0, 0.1) is 0 Å². The van der Waals surface area contributed by atoms with Crippen LogP contribution in [-0.2, 0) is 17.6 Å². The van der Waals surface area contributed by atoms with Gasteiger partial charge in [0.2, 0.25) is 5.91 Å². The summed E-state index contributed by atoms with van der Waals surface area (Å²) in [5, 5.41) is 17.1. The van der Waals surface area contributed by atoms with E-state index in [-0.39, 0.29) is 18.4 Å². The van der Waals surface area contributed by atoms with Gasteiger partial charge < -0.3 is 10.4 Å². The molecule has 2 aliphatic heterocycles. The zero-order valence-electron chi connectivity index (χ0n) is 14.3. The fourth-order valence-electron chi connectivity index (χ4n) is 4.19. The summed E-state index contributed by atoms with van der Waals surface area (Å²) >= 11 is 0. The SMILES string of the molecule is O=C1Cc2nn(-c3ccc(C4CC4)cc3)c3c2C(CN1)N(C(=O)O)CC3. The van der Waals surface area contributed by atoms with Crippen LogP contribution in [0.25, 0.3) is 5.69 Å². The number of nitrogens with zero attached hydrogens (tertiary/aromatic N) is 3. The molecule has 1 aromatic heterocycles. The monoisotopic (exact) mass is 352 g/mol. The number of amides is 2. The van der Waals surface area contributed by atoms with E-state index in [0.717, 1.165) is 16.9 Å². The molecule has 1 atom stereocenters. The molecule has 3 heterocycles. The number of hydrogen-bond donors (Lipinski definition) is 2. The maximum absolute atomic E-state index is 12.1. The largest absolute Gasteiger partial charge is 0.465 e. The fourth-order valence-corrected chi connectivity index (χ4v) is 4.19. The third-order valence-electron chi connectivity index (χ3n) is 5.65. The van der Waals surface area contributed by atoms with Crippen LogP contribution < -0.4 is 5.32 Å². The number of aromatic nitrogens is 2. The highest BCUT2D eigenvalue weighted by atomic mass is 16.4. The summed E-state index contributed by atoms with van der Waals surface area (Å²) in [7, 11) is 0. The van der Waals surface area contributed by atoms with Crippen LogP contribution in [0.15, 0.2) is 24.3 Å². The van der Waals surface area contributed by atoms with Gasteiger partial charge in [-0.2, -0.15) is 5.10 Å². The third kappa shape index (κ3) is 2.38. The summed E-state index contributed by atoms with van der Waals surface area (Å²) < 4.78 is 1.91. The maximum Gasteiger partial charge on any atom is 0.407 e. The molecular formula is C19H20N4O3. The lowest BCUT2D eigenvalue weighted by atomic mass is 9.96. The van der Waals surface area contributed by atoms with Gasteiger partial charge in [-0.15, -0.1) is 0 Å². The van der Waals surface area contributed by atoms with Crippen LogP contribution in [0.5, 0.6) is 0 Å². The first-order valence-corrected chi connectivity index (χ1v) is 9.09. The average Bonchev–Trinajstić information content (AvgIpc) is 3.44. The molecule has 1 aliphatic carbocycles. The molecule has 1 unspecified atom stereocenters. The normalized spacial score (nSPS) is 21.8. The van der Waals surface area contributed by atoms with Gasteiger partial charge in [0.05, 0.1) is 29.5 Å². The molecule has 0 radical (unpaired) electrons. The number of carbonyl (C=O) groups is 2. The maximum atomic E-state index is 12.1. The number of carboxylic acid groups (broad SMARTS) is 1. The first kappa shape index (κ1) is 15.4. The van der Waals surface area contributed by atoms with E-state index in [1.807, 2.05) is 4.68 Å². The standard InChI is InChI=1S/C19H20N4O3/c24-17-9-14-18-15(7-8-22(19(25)26)16(18)10-20-17)23(21-14)13-5-3-12(4-6-13)11-1-2-11/h3-6,11,16H,1-2,7-10H2,(H,20,24)(H,25,26). The fraction of sp³-hybridized carbons (Fsp3) is 0.421. The van der Waals surface area contributed by atoms with E-state index in [2.05, 4.69) is 29.6 Å². The Hall–Kier alpha value is -2.83. The molecule has 3 aliphatic rings. The molecular weight excluding hydrogens is 332 g/mol. The molecule has 2 N–H and O–H groups in total. The molecule has 5 rings (SSSR count). The summed E-state index contributed by atoms with van der Waals surface area (Å²) in [6.07, 6.45) is 2.37. The predicted octanol–water partition coefficient (Wildman–Crippen LogP) is 2.00. The van der Waals surface area contributed by atoms with Gasteiger partial charge in [-0.1, -0.05) is 12.1 Å². The van der Waals surface area contributed by atoms with Crippen LogP contribution >= 0.6 is 0 Å². The van der Waals surface area contributed by atoms with Crippen LogP contribution in [0.1, 0.15) is 47.3 Å². The third-order valence-corrected chi connectivity index (χ3v) is 5.65. The quantitative estimate of drug-likeness (QED) is 0.865. The Morgan fingerprint density at radius 3 is 2.69 bits per heavy atom. The highest BCUT2D eigenvalue weighted by Crippen LogP contribution is 2.40. The van der Waals surface area contributed by atoms with Crippen LogP contribution in [0.2, 0.25) is 0 Å². The number of hydrogen-bond acceptors (Lipinski definition) is 3. The average molecular weight is 352 g/mol. The second kappa shape index (κ2) is 5.59. The van der Waals surface area contributed by atoms with E-state index in [1.165, 1.54) is 23.3 Å². The van der Waals surface area contributed by atoms with Gasteiger partial charge in [0, 0.05) is 25.1 Å². The van der Waals surface area contributed by atoms with Gasteiger partial charge in [-0.3, -0.25) is 9.69 Å². The number of nitrogens with one attached hydrogen (secondary N) is 1. The Bertz CT molecular complexity index is 898. The first-order valence-electron chi connectivity index (χ1n) is 9.09. The second-order valence-electron chi connectivity index (χ2n) is 7.31. The van der Waals surface area contributed by atoms with Crippen molar-refractivity contribution in [2.75, 3.05) is 13.1 Å². The van der Waals surface area contributed by atoms with Gasteiger partial charge >= 0.3 is 6.09 Å². The molecule has 1 fully saturated rings. The van der Waals surface area contributed by atoms with Crippen molar-refractivity contribution < 1.29 is 14.7 Å². The topological polar surface area (TPSA) is 87.5 Å². The summed E-state index contributed by atoms with van der Waals surface area (Å²) in [6.45, 7) is 0.714. The minimum atomic E-state index is -0.954. The Labute approximate surface area is 150 Å². The van der Waals surface area contributed by atoms with Gasteiger partial charge in [-0.25, -0.2) is 9.48 Å². The van der Waals surface area contributed by atoms with Crippen molar-refractivity contribution in [1.29, 1.82) is 0 Å². The molecule has 134 valence electrons. The van der Waals surface area contributed by atoms with Crippen molar-refractivity contribution in [3.63, 3.8) is 0 Å². The van der Waals surface area contributed by atoms with Gasteiger partial charge in [0.1, 0.15) is 0 Å². The van der Waals surface area contributed by atoms with E-state index in [0.29, 0.717) is 31.1 Å². The molecule has 0 saturated heterocycles. The number of carbonyl (C=O) groups excluding carboxylic acids is 1. The van der Waals surface area contributed by atoms with Crippen molar-refractivity contribution in [3.05, 3.63) is 46.8 Å². The van der Waals surface area contributed by atoms with Crippen molar-refractivity contribution in [2.45, 2.75) is 37.6 Å². The van der Waals surface area contributed by atoms with Crippen LogP contribution in [0.3, 0.4) is 0 Å². The minimum Gasteiger partial charge on any atom is -0.465 e. The van der Waals surface area contributed by atoms with Crippen LogP contribution in [-0.4, -0.2) is 44.9 Å². The van der Waals surface area contributed by atoms with Gasteiger partial charge in [0.25, 0.3) is 0 Å². The molecule has 26 heavy (non-hydrogen) atoms. The summed E-state index contributed by atoms with van der Waals surface area (Å²) in [5.74, 6) is 0.593. The van der Waals surface area contributed by atoms with E-state index in [1.54, 1.807) is 0 Å². The lowest BCUT2D eigenvalue weighted by Crippen LogP contribution is -2.43. The Morgan fingerprint density at radius 1 is 1.23 bits per heavy atom. The molecule has 0 bridgehead atoms. The lowest BCUT2D eigenvalue weighted by Gasteiger charge is -2.33. The van der Waals surface area contributed by atoms with Crippen molar-refractivity contribution in [3.8, 4) is 5.69 Å². The highest BCUT2D eigenvalue weighted by molar-refractivity contribution is 5.80. The molecule has 7 nitrogen and oxygen atoms in total. The molecule has 0 spiro atoms. The Morgan fingerprint density at radius 2 is 2.00 bits per heavy atom. The summed E-state index contributed by atoms with van der Waals surface area (Å²) in [4.78, 5) is 25.1. The van der Waals surface area contributed by atoms with Gasteiger partial charge in [0.15, 0.2) is 0 Å². The number of benzene rings is 1.